The summed E-state index contributed by atoms with van der Waals surface area (Å²) in [6.45, 7) is 11.7. The largest absolute Gasteiger partial charge is 0.336 e. The second-order valence-electron chi connectivity index (χ2n) is 10.0. The normalized spacial score (nSPS) is 14.1. The fourth-order valence-electron chi connectivity index (χ4n) is 5.06. The molecule has 9 heteroatoms. The standard InChI is InChI=1S/C28H36N8O/c1-5-36-21(3)22(18-29-36)19-33(4)28(37)26-23-17-20(2)9-10-24(23)30-27(31-26)25-11-16-35(32-25)15-8-14-34-12-6-7-13-34/h9-11,16-18H,5-8,12-15,19H2,1-4H3. The number of fused-ring (bicyclic) bond motifs is 1. The van der Waals surface area contributed by atoms with Crippen molar-refractivity contribution in [2.24, 2.45) is 0 Å². The molecule has 3 aromatic heterocycles. The number of aryl methyl sites for hydroxylation is 3. The Bertz CT molecular complexity index is 1400. The van der Waals surface area contributed by atoms with E-state index in [-0.39, 0.29) is 5.91 Å². The second-order valence-corrected chi connectivity index (χ2v) is 10.0. The van der Waals surface area contributed by atoms with Gasteiger partial charge in [0.1, 0.15) is 11.4 Å². The van der Waals surface area contributed by atoms with Crippen molar-refractivity contribution in [3.63, 3.8) is 0 Å². The van der Waals surface area contributed by atoms with E-state index < -0.39 is 0 Å². The number of benzene rings is 1. The van der Waals surface area contributed by atoms with Crippen molar-refractivity contribution in [1.29, 1.82) is 0 Å². The molecule has 1 aliphatic rings. The smallest absolute Gasteiger partial charge is 0.273 e. The van der Waals surface area contributed by atoms with Crippen LogP contribution in [0.2, 0.25) is 0 Å². The van der Waals surface area contributed by atoms with Crippen molar-refractivity contribution < 1.29 is 4.79 Å². The zero-order chi connectivity index (χ0) is 25.9. The Balaban J connectivity index is 1.40. The summed E-state index contributed by atoms with van der Waals surface area (Å²) < 4.78 is 3.90. The maximum atomic E-state index is 13.7. The highest BCUT2D eigenvalue weighted by Gasteiger charge is 2.22. The third-order valence-electron chi connectivity index (χ3n) is 7.24. The molecule has 1 amide bonds. The monoisotopic (exact) mass is 500 g/mol. The van der Waals surface area contributed by atoms with Gasteiger partial charge in [0.25, 0.3) is 5.91 Å². The highest BCUT2D eigenvalue weighted by Crippen LogP contribution is 2.24. The Morgan fingerprint density at radius 2 is 1.89 bits per heavy atom. The zero-order valence-electron chi connectivity index (χ0n) is 22.3. The Labute approximate surface area is 218 Å². The van der Waals surface area contributed by atoms with E-state index in [1.807, 2.05) is 66.9 Å². The van der Waals surface area contributed by atoms with Crippen molar-refractivity contribution in [1.82, 2.24) is 39.3 Å². The fraction of sp³-hybridized carbons (Fsp3) is 0.464. The van der Waals surface area contributed by atoms with Gasteiger partial charge in [0.15, 0.2) is 5.82 Å². The summed E-state index contributed by atoms with van der Waals surface area (Å²) in [6, 6.07) is 7.88. The van der Waals surface area contributed by atoms with Crippen LogP contribution in [0.4, 0.5) is 0 Å². The van der Waals surface area contributed by atoms with Gasteiger partial charge in [-0.25, -0.2) is 9.97 Å². The van der Waals surface area contributed by atoms with E-state index >= 15 is 0 Å². The first-order valence-electron chi connectivity index (χ1n) is 13.2. The van der Waals surface area contributed by atoms with E-state index in [1.54, 1.807) is 4.90 Å². The molecule has 4 aromatic rings. The van der Waals surface area contributed by atoms with Crippen LogP contribution in [-0.2, 0) is 19.6 Å². The number of carbonyl (C=O) groups is 1. The van der Waals surface area contributed by atoms with Crippen molar-refractivity contribution in [3.05, 3.63) is 59.2 Å². The van der Waals surface area contributed by atoms with Gasteiger partial charge in [-0.05, 0) is 77.9 Å². The number of hydrogen-bond donors (Lipinski definition) is 0. The van der Waals surface area contributed by atoms with Crippen LogP contribution < -0.4 is 0 Å². The summed E-state index contributed by atoms with van der Waals surface area (Å²) in [5.74, 6) is 0.328. The summed E-state index contributed by atoms with van der Waals surface area (Å²) in [5, 5.41) is 9.92. The summed E-state index contributed by atoms with van der Waals surface area (Å²) in [6.07, 6.45) is 7.49. The minimum atomic E-state index is -0.145. The number of aromatic nitrogens is 6. The molecular formula is C28H36N8O. The fourth-order valence-corrected chi connectivity index (χ4v) is 5.06. The SMILES string of the molecule is CCn1ncc(CN(C)C(=O)c2nc(-c3ccn(CCCN4CCCC4)n3)nc3ccc(C)cc23)c1C. The first kappa shape index (κ1) is 25.1. The molecule has 0 atom stereocenters. The first-order valence-corrected chi connectivity index (χ1v) is 13.2. The number of carbonyl (C=O) groups excluding carboxylic acids is 1. The maximum Gasteiger partial charge on any atom is 0.273 e. The number of rotatable bonds is 9. The van der Waals surface area contributed by atoms with Gasteiger partial charge in [-0.2, -0.15) is 10.2 Å². The molecule has 0 unspecified atom stereocenters. The van der Waals surface area contributed by atoms with Crippen LogP contribution in [0, 0.1) is 13.8 Å². The molecular weight excluding hydrogens is 464 g/mol. The molecule has 0 saturated carbocycles. The molecule has 0 bridgehead atoms. The number of hydrogen-bond acceptors (Lipinski definition) is 6. The third kappa shape index (κ3) is 5.41. The van der Waals surface area contributed by atoms with Gasteiger partial charge >= 0.3 is 0 Å². The van der Waals surface area contributed by atoms with Gasteiger partial charge in [-0.15, -0.1) is 0 Å². The highest BCUT2D eigenvalue weighted by atomic mass is 16.2. The minimum absolute atomic E-state index is 0.145. The van der Waals surface area contributed by atoms with E-state index in [9.17, 15) is 4.79 Å². The molecule has 1 fully saturated rings. The van der Waals surface area contributed by atoms with Gasteiger partial charge in [0, 0.05) is 49.5 Å². The lowest BCUT2D eigenvalue weighted by Crippen LogP contribution is -2.28. The van der Waals surface area contributed by atoms with Crippen LogP contribution in [0.15, 0.2) is 36.7 Å². The lowest BCUT2D eigenvalue weighted by atomic mass is 10.1. The minimum Gasteiger partial charge on any atom is -0.336 e. The van der Waals surface area contributed by atoms with Crippen LogP contribution in [-0.4, -0.2) is 71.9 Å². The van der Waals surface area contributed by atoms with E-state index in [4.69, 9.17) is 15.1 Å². The topological polar surface area (TPSA) is 85.0 Å². The van der Waals surface area contributed by atoms with Crippen molar-refractivity contribution >= 4 is 16.8 Å². The summed E-state index contributed by atoms with van der Waals surface area (Å²) in [5.41, 5.74) is 4.98. The Kier molecular flexibility index (Phi) is 7.32. The molecule has 5 rings (SSSR count). The molecule has 1 saturated heterocycles. The van der Waals surface area contributed by atoms with Crippen molar-refractivity contribution in [3.8, 4) is 11.5 Å². The molecule has 194 valence electrons. The first-order chi connectivity index (χ1) is 17.9. The molecule has 9 nitrogen and oxygen atoms in total. The average molecular weight is 501 g/mol. The van der Waals surface area contributed by atoms with Gasteiger partial charge in [-0.3, -0.25) is 14.2 Å². The Morgan fingerprint density at radius 1 is 1.08 bits per heavy atom. The molecule has 0 aliphatic carbocycles. The molecule has 1 aliphatic heterocycles. The quantitative estimate of drug-likeness (QED) is 0.344. The molecule has 0 radical (unpaired) electrons. The summed E-state index contributed by atoms with van der Waals surface area (Å²) in [7, 11) is 1.81. The van der Waals surface area contributed by atoms with Crippen molar-refractivity contribution in [2.75, 3.05) is 26.7 Å². The van der Waals surface area contributed by atoms with E-state index in [2.05, 4.69) is 16.9 Å². The maximum absolute atomic E-state index is 13.7. The predicted molar refractivity (Wildman–Crippen MR) is 144 cm³/mol. The molecule has 4 heterocycles. The lowest BCUT2D eigenvalue weighted by molar-refractivity contribution is 0.0781. The van der Waals surface area contributed by atoms with E-state index in [0.717, 1.165) is 53.8 Å². The van der Waals surface area contributed by atoms with Crippen molar-refractivity contribution in [2.45, 2.75) is 59.7 Å². The van der Waals surface area contributed by atoms with E-state index in [0.29, 0.717) is 23.8 Å². The molecule has 0 spiro atoms. The van der Waals surface area contributed by atoms with Crippen LogP contribution in [0.1, 0.15) is 53.5 Å². The zero-order valence-corrected chi connectivity index (χ0v) is 22.3. The summed E-state index contributed by atoms with van der Waals surface area (Å²) in [4.78, 5) is 27.5. The second kappa shape index (κ2) is 10.8. The van der Waals surface area contributed by atoms with Gasteiger partial charge < -0.3 is 9.80 Å². The molecule has 0 N–H and O–H groups in total. The number of amides is 1. The average Bonchev–Trinajstić information content (AvgIpc) is 3.66. The summed E-state index contributed by atoms with van der Waals surface area (Å²) >= 11 is 0. The van der Waals surface area contributed by atoms with Crippen LogP contribution >= 0.6 is 0 Å². The van der Waals surface area contributed by atoms with Gasteiger partial charge in [0.2, 0.25) is 0 Å². The Morgan fingerprint density at radius 3 is 2.65 bits per heavy atom. The molecule has 37 heavy (non-hydrogen) atoms. The predicted octanol–water partition coefficient (Wildman–Crippen LogP) is 4.08. The van der Waals surface area contributed by atoms with E-state index in [1.165, 1.54) is 25.9 Å². The van der Waals surface area contributed by atoms with Crippen LogP contribution in [0.3, 0.4) is 0 Å². The Hall–Kier alpha value is -3.59. The lowest BCUT2D eigenvalue weighted by Gasteiger charge is -2.18. The number of nitrogens with zero attached hydrogens (tertiary/aromatic N) is 8. The molecule has 1 aromatic carbocycles. The third-order valence-corrected chi connectivity index (χ3v) is 7.24. The number of likely N-dealkylation sites (tertiary alicyclic amines) is 1. The van der Waals surface area contributed by atoms with Crippen LogP contribution in [0.25, 0.3) is 22.4 Å². The van der Waals surface area contributed by atoms with Gasteiger partial charge in [-0.1, -0.05) is 11.6 Å². The van der Waals surface area contributed by atoms with Crippen LogP contribution in [0.5, 0.6) is 0 Å². The highest BCUT2D eigenvalue weighted by molar-refractivity contribution is 6.04. The van der Waals surface area contributed by atoms with Gasteiger partial charge in [0.05, 0.1) is 11.7 Å².